The van der Waals surface area contributed by atoms with E-state index < -0.39 is 5.92 Å². The largest absolute Gasteiger partial charge is 0.497 e. The summed E-state index contributed by atoms with van der Waals surface area (Å²) in [6, 6.07) is 17.7. The van der Waals surface area contributed by atoms with E-state index in [4.69, 9.17) is 15.2 Å². The molecule has 2 aliphatic rings. The molecule has 0 unspecified atom stereocenters. The predicted molar refractivity (Wildman–Crippen MR) is 109 cm³/mol. The second-order valence-electron chi connectivity index (χ2n) is 7.47. The number of carbonyl (C=O) groups is 1. The van der Waals surface area contributed by atoms with Gasteiger partial charge in [0.2, 0.25) is 5.88 Å². The fourth-order valence-electron chi connectivity index (χ4n) is 4.11. The molecule has 2 atom stereocenters. The van der Waals surface area contributed by atoms with Crippen molar-refractivity contribution in [3.63, 3.8) is 0 Å². The van der Waals surface area contributed by atoms with Gasteiger partial charge in [-0.1, -0.05) is 42.0 Å². The topological polar surface area (TPSA) is 85.3 Å². The molecule has 29 heavy (non-hydrogen) atoms. The number of nitrogens with two attached hydrogens (primary N) is 1. The van der Waals surface area contributed by atoms with Gasteiger partial charge in [-0.25, -0.2) is 0 Å². The van der Waals surface area contributed by atoms with Crippen molar-refractivity contribution < 1.29 is 14.3 Å². The van der Waals surface area contributed by atoms with Crippen LogP contribution in [-0.4, -0.2) is 12.9 Å². The molecule has 146 valence electrons. The van der Waals surface area contributed by atoms with Crippen molar-refractivity contribution in [1.29, 1.82) is 5.26 Å². The summed E-state index contributed by atoms with van der Waals surface area (Å²) < 4.78 is 11.0. The van der Waals surface area contributed by atoms with E-state index in [0.717, 1.165) is 11.1 Å². The quantitative estimate of drug-likeness (QED) is 0.854. The molecule has 4 rings (SSSR count). The number of ketones is 1. The third kappa shape index (κ3) is 3.38. The number of hydrogen-bond donors (Lipinski definition) is 1. The Morgan fingerprint density at radius 3 is 2.34 bits per heavy atom. The molecular formula is C24H22N2O3. The molecule has 0 amide bonds. The second kappa shape index (κ2) is 7.48. The van der Waals surface area contributed by atoms with Crippen LogP contribution in [0.15, 0.2) is 71.3 Å². The molecule has 5 nitrogen and oxygen atoms in total. The van der Waals surface area contributed by atoms with E-state index >= 15 is 0 Å². The van der Waals surface area contributed by atoms with Gasteiger partial charge in [-0.05, 0) is 36.1 Å². The van der Waals surface area contributed by atoms with E-state index in [1.165, 1.54) is 5.56 Å². The Hall–Kier alpha value is -3.52. The Balaban J connectivity index is 1.75. The summed E-state index contributed by atoms with van der Waals surface area (Å²) in [5, 5.41) is 9.70. The van der Waals surface area contributed by atoms with Crippen LogP contribution < -0.4 is 10.5 Å². The lowest BCUT2D eigenvalue weighted by Gasteiger charge is -2.34. The molecule has 0 aromatic heterocycles. The van der Waals surface area contributed by atoms with Crippen molar-refractivity contribution in [2.75, 3.05) is 7.11 Å². The lowest BCUT2D eigenvalue weighted by molar-refractivity contribution is -0.117. The van der Waals surface area contributed by atoms with Gasteiger partial charge in [0.1, 0.15) is 23.2 Å². The minimum absolute atomic E-state index is 0.00195. The summed E-state index contributed by atoms with van der Waals surface area (Å²) in [6.07, 6.45) is 0.965. The maximum absolute atomic E-state index is 13.2. The number of rotatable bonds is 3. The number of carbonyl (C=O) groups excluding carboxylic acids is 1. The number of ether oxygens (including phenoxy) is 2. The lowest BCUT2D eigenvalue weighted by Crippen LogP contribution is -2.29. The van der Waals surface area contributed by atoms with Crippen LogP contribution in [0.5, 0.6) is 5.75 Å². The minimum atomic E-state index is -0.513. The number of nitriles is 1. The first-order valence-electron chi connectivity index (χ1n) is 9.56. The fourth-order valence-corrected chi connectivity index (χ4v) is 4.11. The van der Waals surface area contributed by atoms with Crippen molar-refractivity contribution in [2.45, 2.75) is 31.6 Å². The molecule has 0 spiro atoms. The third-order valence-electron chi connectivity index (χ3n) is 5.66. The van der Waals surface area contributed by atoms with Crippen molar-refractivity contribution in [3.8, 4) is 11.8 Å². The zero-order valence-electron chi connectivity index (χ0n) is 16.4. The van der Waals surface area contributed by atoms with Crippen LogP contribution in [0, 0.1) is 18.3 Å². The monoisotopic (exact) mass is 386 g/mol. The van der Waals surface area contributed by atoms with Crippen LogP contribution in [0.25, 0.3) is 0 Å². The van der Waals surface area contributed by atoms with Gasteiger partial charge >= 0.3 is 0 Å². The first-order chi connectivity index (χ1) is 14.0. The molecule has 2 N–H and O–H groups in total. The third-order valence-corrected chi connectivity index (χ3v) is 5.66. The van der Waals surface area contributed by atoms with Crippen LogP contribution in [-0.2, 0) is 9.53 Å². The maximum Gasteiger partial charge on any atom is 0.205 e. The molecule has 2 aromatic rings. The molecule has 0 radical (unpaired) electrons. The normalized spacial score (nSPS) is 21.3. The van der Waals surface area contributed by atoms with Gasteiger partial charge in [0, 0.05) is 18.4 Å². The Bertz CT molecular complexity index is 1060. The first-order valence-corrected chi connectivity index (χ1v) is 9.56. The number of hydrogen-bond acceptors (Lipinski definition) is 5. The van der Waals surface area contributed by atoms with E-state index in [0.29, 0.717) is 29.9 Å². The summed E-state index contributed by atoms with van der Waals surface area (Å²) >= 11 is 0. The lowest BCUT2D eigenvalue weighted by atomic mass is 9.73. The minimum Gasteiger partial charge on any atom is -0.497 e. The molecule has 1 aliphatic heterocycles. The van der Waals surface area contributed by atoms with Crippen LogP contribution in [0.4, 0.5) is 0 Å². The van der Waals surface area contributed by atoms with Gasteiger partial charge in [-0.2, -0.15) is 5.26 Å². The Kier molecular flexibility index (Phi) is 4.85. The number of methoxy groups -OCH3 is 1. The molecule has 0 fully saturated rings. The van der Waals surface area contributed by atoms with E-state index in [2.05, 4.69) is 18.2 Å². The molecule has 5 heteroatoms. The Morgan fingerprint density at radius 1 is 1.07 bits per heavy atom. The highest BCUT2D eigenvalue weighted by Crippen LogP contribution is 2.46. The van der Waals surface area contributed by atoms with Crippen molar-refractivity contribution >= 4 is 5.78 Å². The number of Topliss-reactive ketones (excluding diaryl/α,β-unsaturated/α-hetero) is 1. The van der Waals surface area contributed by atoms with Crippen LogP contribution in [0.3, 0.4) is 0 Å². The number of nitrogens with zero attached hydrogens (tertiary/aromatic N) is 1. The van der Waals surface area contributed by atoms with Gasteiger partial charge < -0.3 is 15.2 Å². The molecule has 0 saturated carbocycles. The SMILES string of the molecule is COc1ccc([C@H]2C(C#N)=C(N)OC3=C2C(=O)C[C@H](c2ccc(C)cc2)C3)cc1. The summed E-state index contributed by atoms with van der Waals surface area (Å²) in [6.45, 7) is 2.04. The number of benzene rings is 2. The summed E-state index contributed by atoms with van der Waals surface area (Å²) in [4.78, 5) is 13.2. The van der Waals surface area contributed by atoms with Crippen molar-refractivity contribution in [3.05, 3.63) is 88.0 Å². The van der Waals surface area contributed by atoms with Crippen molar-refractivity contribution in [2.24, 2.45) is 5.73 Å². The van der Waals surface area contributed by atoms with Crippen molar-refractivity contribution in [1.82, 2.24) is 0 Å². The molecule has 1 heterocycles. The van der Waals surface area contributed by atoms with Crippen LogP contribution >= 0.6 is 0 Å². The van der Waals surface area contributed by atoms with E-state index in [9.17, 15) is 10.1 Å². The highest BCUT2D eigenvalue weighted by molar-refractivity contribution is 6.00. The molecule has 1 aliphatic carbocycles. The molecule has 2 aromatic carbocycles. The van der Waals surface area contributed by atoms with Crippen LogP contribution in [0.2, 0.25) is 0 Å². The Morgan fingerprint density at radius 2 is 1.72 bits per heavy atom. The second-order valence-corrected chi connectivity index (χ2v) is 7.47. The fraction of sp³-hybridized carbons (Fsp3) is 0.250. The zero-order valence-corrected chi connectivity index (χ0v) is 16.4. The van der Waals surface area contributed by atoms with Gasteiger partial charge in [0.25, 0.3) is 0 Å². The standard InChI is InChI=1S/C24H22N2O3/c1-14-3-5-15(6-4-14)17-11-20(27)23-21(12-17)29-24(26)19(13-25)22(23)16-7-9-18(28-2)10-8-16/h3-10,17,22H,11-12,26H2,1-2H3/t17-,22-/m0/s1. The van der Waals surface area contributed by atoms with E-state index in [1.807, 2.05) is 43.3 Å². The zero-order chi connectivity index (χ0) is 20.5. The average Bonchev–Trinajstić information content (AvgIpc) is 2.73. The highest BCUT2D eigenvalue weighted by Gasteiger charge is 2.40. The smallest absolute Gasteiger partial charge is 0.205 e. The van der Waals surface area contributed by atoms with Gasteiger partial charge in [0.15, 0.2) is 5.78 Å². The van der Waals surface area contributed by atoms with E-state index in [1.54, 1.807) is 7.11 Å². The van der Waals surface area contributed by atoms with E-state index in [-0.39, 0.29) is 23.2 Å². The summed E-state index contributed by atoms with van der Waals surface area (Å²) in [5.41, 5.74) is 10.0. The average molecular weight is 386 g/mol. The summed E-state index contributed by atoms with van der Waals surface area (Å²) in [7, 11) is 1.60. The molecule has 0 saturated heterocycles. The summed E-state index contributed by atoms with van der Waals surface area (Å²) in [5.74, 6) is 0.877. The van der Waals surface area contributed by atoms with Gasteiger partial charge in [-0.15, -0.1) is 0 Å². The predicted octanol–water partition coefficient (Wildman–Crippen LogP) is 4.21. The van der Waals surface area contributed by atoms with Crippen LogP contribution in [0.1, 0.15) is 41.4 Å². The Labute approximate surface area is 170 Å². The van der Waals surface area contributed by atoms with Gasteiger partial charge in [0.05, 0.1) is 13.0 Å². The number of allylic oxidation sites excluding steroid dienone is 3. The first kappa shape index (κ1) is 18.8. The van der Waals surface area contributed by atoms with Gasteiger partial charge in [-0.3, -0.25) is 4.79 Å². The highest BCUT2D eigenvalue weighted by atomic mass is 16.5. The molecule has 0 bridgehead atoms. The maximum atomic E-state index is 13.2. The molecular weight excluding hydrogens is 364 g/mol. The number of aryl methyl sites for hydroxylation is 1.